The van der Waals surface area contributed by atoms with Crippen molar-refractivity contribution in [2.75, 3.05) is 33.7 Å². The van der Waals surface area contributed by atoms with Crippen LogP contribution in [0, 0.1) is 23.3 Å². The van der Waals surface area contributed by atoms with Crippen LogP contribution in [-0.4, -0.2) is 71.0 Å². The van der Waals surface area contributed by atoms with Crippen LogP contribution in [0.1, 0.15) is 47.1 Å². The molecule has 1 aromatic heterocycles. The van der Waals surface area contributed by atoms with E-state index in [1.54, 1.807) is 11.0 Å². The Balaban J connectivity index is 0.00000181. The van der Waals surface area contributed by atoms with Crippen molar-refractivity contribution in [1.29, 1.82) is 0 Å². The van der Waals surface area contributed by atoms with Crippen molar-refractivity contribution in [2.24, 2.45) is 4.99 Å². The Kier molecular flexibility index (Phi) is 8.67. The molecule has 1 unspecified atom stereocenters. The number of benzene rings is 2. The van der Waals surface area contributed by atoms with Crippen LogP contribution in [0.25, 0.3) is 11.0 Å². The van der Waals surface area contributed by atoms with Gasteiger partial charge in [0.05, 0.1) is 16.7 Å². The Morgan fingerprint density at radius 2 is 1.77 bits per heavy atom. The van der Waals surface area contributed by atoms with Crippen molar-refractivity contribution in [3.8, 4) is 0 Å². The molecule has 1 atom stereocenters. The van der Waals surface area contributed by atoms with Crippen LogP contribution in [0.3, 0.4) is 0 Å². The summed E-state index contributed by atoms with van der Waals surface area (Å²) in [4.78, 5) is 41.3. The van der Waals surface area contributed by atoms with Gasteiger partial charge in [-0.3, -0.25) is 14.6 Å². The third kappa shape index (κ3) is 5.62. The number of amides is 2. The maximum Gasteiger partial charge on any atom is 0.254 e. The molecule has 5 rings (SSSR count). The van der Waals surface area contributed by atoms with Crippen LogP contribution in [0.15, 0.2) is 35.5 Å². The van der Waals surface area contributed by atoms with Crippen molar-refractivity contribution in [3.63, 3.8) is 0 Å². The lowest BCUT2D eigenvalue weighted by atomic mass is 9.98. The van der Waals surface area contributed by atoms with Gasteiger partial charge in [0.15, 0.2) is 23.3 Å². The lowest BCUT2D eigenvalue weighted by molar-refractivity contribution is -0.120. The Bertz CT molecular complexity index is 1490. The number of halogens is 4. The molecule has 2 aromatic carbocycles. The van der Waals surface area contributed by atoms with Crippen molar-refractivity contribution in [3.05, 3.63) is 76.3 Å². The molecular weight excluding hydrogens is 528 g/mol. The first-order valence-corrected chi connectivity index (χ1v) is 12.9. The number of aromatic amines is 1. The molecular formula is C28H30F4N6O2. The number of nitrogens with one attached hydrogen (secondary N) is 2. The first-order chi connectivity index (χ1) is 19.1. The standard InChI is InChI=1S/C26H24F4N6O2.C2H6/c1-35(2)7-8-36-12-13-9-19-20(10-15(13)26(36)38)34-24(33-19)21-18(4-6-32-25(21)37)31-5-3-14-22(29)16(27)11-17(28)23(14)30;1-2/h4,6,9-11,21H,3,5,7-8,12H2,1-2H3,(H,32,37)(H,33,34);1-2H3. The maximum absolute atomic E-state index is 14.0. The quantitative estimate of drug-likeness (QED) is 0.338. The summed E-state index contributed by atoms with van der Waals surface area (Å²) < 4.78 is 55.1. The normalized spacial score (nSPS) is 17.5. The molecule has 2 N–H and O–H groups in total. The van der Waals surface area contributed by atoms with Crippen LogP contribution in [0.2, 0.25) is 0 Å². The van der Waals surface area contributed by atoms with Gasteiger partial charge >= 0.3 is 0 Å². The number of aromatic nitrogens is 2. The smallest absolute Gasteiger partial charge is 0.254 e. The van der Waals surface area contributed by atoms with E-state index in [0.29, 0.717) is 29.7 Å². The molecule has 0 saturated carbocycles. The molecule has 0 fully saturated rings. The van der Waals surface area contributed by atoms with Crippen molar-refractivity contribution < 1.29 is 27.2 Å². The lowest BCUT2D eigenvalue weighted by Crippen LogP contribution is -2.35. The van der Waals surface area contributed by atoms with E-state index in [2.05, 4.69) is 20.3 Å². The number of allylic oxidation sites excluding steroid dienone is 1. The Morgan fingerprint density at radius 1 is 1.07 bits per heavy atom. The van der Waals surface area contributed by atoms with Gasteiger partial charge in [-0.15, -0.1) is 0 Å². The van der Waals surface area contributed by atoms with E-state index in [4.69, 9.17) is 0 Å². The summed E-state index contributed by atoms with van der Waals surface area (Å²) in [5.74, 6) is -7.14. The molecule has 0 spiro atoms. The van der Waals surface area contributed by atoms with Gasteiger partial charge < -0.3 is 20.1 Å². The Hall–Kier alpha value is -4.06. The molecule has 3 aromatic rings. The molecule has 8 nitrogen and oxygen atoms in total. The SMILES string of the molecule is CC.CN(C)CCN1Cc2cc3[nH]c(C4C(=O)NC=CC4=NCCc4c(F)c(F)cc(F)c4F)nc3cc2C1=O. The number of hydrogen-bond acceptors (Lipinski definition) is 5. The number of carbonyl (C=O) groups excluding carboxylic acids is 2. The van der Waals surface area contributed by atoms with Crippen molar-refractivity contribution >= 4 is 28.6 Å². The van der Waals surface area contributed by atoms with E-state index in [0.717, 1.165) is 12.1 Å². The zero-order chi connectivity index (χ0) is 29.1. The van der Waals surface area contributed by atoms with E-state index in [1.165, 1.54) is 12.3 Å². The fourth-order valence-corrected chi connectivity index (χ4v) is 4.61. The van der Waals surface area contributed by atoms with E-state index < -0.39 is 47.1 Å². The molecule has 12 heteroatoms. The maximum atomic E-state index is 14.0. The minimum atomic E-state index is -1.49. The molecule has 0 aliphatic carbocycles. The number of nitrogens with zero attached hydrogens (tertiary/aromatic N) is 4. The number of rotatable bonds is 7. The largest absolute Gasteiger partial charge is 0.341 e. The molecule has 40 heavy (non-hydrogen) atoms. The van der Waals surface area contributed by atoms with Crippen LogP contribution < -0.4 is 5.32 Å². The summed E-state index contributed by atoms with van der Waals surface area (Å²) in [7, 11) is 3.88. The average Bonchev–Trinajstić information content (AvgIpc) is 3.47. The highest BCUT2D eigenvalue weighted by molar-refractivity contribution is 6.16. The van der Waals surface area contributed by atoms with Crippen LogP contribution in [-0.2, 0) is 17.8 Å². The van der Waals surface area contributed by atoms with E-state index in [-0.39, 0.29) is 30.1 Å². The number of aliphatic imine (C=N–C) groups is 1. The number of hydrogen-bond donors (Lipinski definition) is 2. The molecule has 2 amide bonds. The zero-order valence-electron chi connectivity index (χ0n) is 22.6. The van der Waals surface area contributed by atoms with Gasteiger partial charge in [0, 0.05) is 49.6 Å². The predicted octanol–water partition coefficient (Wildman–Crippen LogP) is 4.07. The van der Waals surface area contributed by atoms with Gasteiger partial charge in [0.2, 0.25) is 5.91 Å². The van der Waals surface area contributed by atoms with Gasteiger partial charge in [-0.1, -0.05) is 13.8 Å². The number of imidazole rings is 1. The van der Waals surface area contributed by atoms with Gasteiger partial charge in [0.1, 0.15) is 11.7 Å². The third-order valence-electron chi connectivity index (χ3n) is 6.59. The average molecular weight is 559 g/mol. The van der Waals surface area contributed by atoms with Gasteiger partial charge in [0.25, 0.3) is 5.91 Å². The fourth-order valence-electron chi connectivity index (χ4n) is 4.61. The van der Waals surface area contributed by atoms with Crippen LogP contribution >= 0.6 is 0 Å². The second-order valence-electron chi connectivity index (χ2n) is 9.46. The fraction of sp³-hybridized carbons (Fsp3) is 0.357. The number of fused-ring (bicyclic) bond motifs is 2. The second kappa shape index (κ2) is 12.0. The summed E-state index contributed by atoms with van der Waals surface area (Å²) in [5, 5.41) is 2.58. The molecule has 0 radical (unpaired) electrons. The summed E-state index contributed by atoms with van der Waals surface area (Å²) in [5.41, 5.74) is 2.05. The van der Waals surface area contributed by atoms with Gasteiger partial charge in [-0.2, -0.15) is 0 Å². The molecule has 2 aliphatic rings. The number of H-pyrrole nitrogens is 1. The highest BCUT2D eigenvalue weighted by Crippen LogP contribution is 2.29. The summed E-state index contributed by atoms with van der Waals surface area (Å²) in [6, 6.07) is 3.68. The number of carbonyl (C=O) groups is 2. The summed E-state index contributed by atoms with van der Waals surface area (Å²) in [6.07, 6.45) is 2.47. The van der Waals surface area contributed by atoms with Crippen molar-refractivity contribution in [1.82, 2.24) is 25.1 Å². The molecule has 2 aliphatic heterocycles. The zero-order valence-corrected chi connectivity index (χ0v) is 22.6. The minimum absolute atomic E-state index is 0.0813. The van der Waals surface area contributed by atoms with E-state index in [9.17, 15) is 27.2 Å². The minimum Gasteiger partial charge on any atom is -0.341 e. The summed E-state index contributed by atoms with van der Waals surface area (Å²) >= 11 is 0. The van der Waals surface area contributed by atoms with Crippen LogP contribution in [0.4, 0.5) is 17.6 Å². The Labute approximate surface area is 228 Å². The Morgan fingerprint density at radius 3 is 2.45 bits per heavy atom. The van der Waals surface area contributed by atoms with Gasteiger partial charge in [-0.05, 0) is 44.3 Å². The third-order valence-corrected chi connectivity index (χ3v) is 6.59. The molecule has 0 saturated heterocycles. The molecule has 0 bridgehead atoms. The van der Waals surface area contributed by atoms with E-state index >= 15 is 0 Å². The lowest BCUT2D eigenvalue weighted by Gasteiger charge is -2.18. The predicted molar refractivity (Wildman–Crippen MR) is 143 cm³/mol. The highest BCUT2D eigenvalue weighted by atomic mass is 19.2. The van der Waals surface area contributed by atoms with E-state index in [1.807, 2.05) is 38.9 Å². The first kappa shape index (κ1) is 28.9. The monoisotopic (exact) mass is 558 g/mol. The van der Waals surface area contributed by atoms with Crippen molar-refractivity contribution in [2.45, 2.75) is 32.7 Å². The number of likely N-dealkylation sites (N-methyl/N-ethyl adjacent to an activating group) is 1. The molecule has 3 heterocycles. The topological polar surface area (TPSA) is 93.7 Å². The summed E-state index contributed by atoms with van der Waals surface area (Å²) in [6.45, 7) is 5.57. The highest BCUT2D eigenvalue weighted by Gasteiger charge is 2.32. The second-order valence-corrected chi connectivity index (χ2v) is 9.46. The van der Waals surface area contributed by atoms with Gasteiger partial charge in [-0.25, -0.2) is 22.5 Å². The first-order valence-electron chi connectivity index (χ1n) is 12.9. The van der Waals surface area contributed by atoms with Crippen LogP contribution in [0.5, 0.6) is 0 Å². The molecule has 212 valence electrons.